The summed E-state index contributed by atoms with van der Waals surface area (Å²) in [5, 5.41) is 11.0. The third-order valence-corrected chi connectivity index (χ3v) is 3.11. The summed E-state index contributed by atoms with van der Waals surface area (Å²) < 4.78 is 18.7. The molecule has 0 radical (unpaired) electrons. The molecule has 0 fully saturated rings. The van der Waals surface area contributed by atoms with Crippen LogP contribution in [0.25, 0.3) is 11.3 Å². The molecule has 0 N–H and O–H groups in total. The molecule has 0 saturated heterocycles. The molecule has 6 nitrogen and oxygen atoms in total. The van der Waals surface area contributed by atoms with Crippen LogP contribution >= 0.6 is 15.9 Å². The van der Waals surface area contributed by atoms with E-state index in [9.17, 15) is 19.3 Å². The summed E-state index contributed by atoms with van der Waals surface area (Å²) in [6.07, 6.45) is 1.37. The van der Waals surface area contributed by atoms with Gasteiger partial charge in [0.25, 0.3) is 5.69 Å². The zero-order valence-corrected chi connectivity index (χ0v) is 12.3. The molecule has 0 bridgehead atoms. The lowest BCUT2D eigenvalue weighted by Gasteiger charge is -2.05. The highest BCUT2D eigenvalue weighted by atomic mass is 79.9. The Hall–Kier alpha value is -2.35. The van der Waals surface area contributed by atoms with E-state index in [-0.39, 0.29) is 22.5 Å². The molecule has 1 heterocycles. The van der Waals surface area contributed by atoms with Gasteiger partial charge in [0.2, 0.25) is 0 Å². The highest BCUT2D eigenvalue weighted by molar-refractivity contribution is 9.10. The number of hydrogen-bond acceptors (Lipinski definition) is 5. The molecule has 0 amide bonds. The monoisotopic (exact) mass is 354 g/mol. The molecule has 2 rings (SSSR count). The lowest BCUT2D eigenvalue weighted by Crippen LogP contribution is -2.04. The number of carbonyl (C=O) groups is 1. The van der Waals surface area contributed by atoms with Crippen LogP contribution in [-0.4, -0.2) is 23.0 Å². The fourth-order valence-corrected chi connectivity index (χ4v) is 2.05. The van der Waals surface area contributed by atoms with Gasteiger partial charge in [-0.3, -0.25) is 10.1 Å². The van der Waals surface area contributed by atoms with Gasteiger partial charge in [0, 0.05) is 22.3 Å². The van der Waals surface area contributed by atoms with Crippen molar-refractivity contribution in [2.45, 2.75) is 0 Å². The summed E-state index contributed by atoms with van der Waals surface area (Å²) >= 11 is 3.09. The molecule has 0 atom stereocenters. The highest BCUT2D eigenvalue weighted by Crippen LogP contribution is 2.31. The minimum atomic E-state index is -0.835. The summed E-state index contributed by atoms with van der Waals surface area (Å²) in [6.45, 7) is 0. The van der Waals surface area contributed by atoms with Crippen LogP contribution in [0.15, 0.2) is 34.9 Å². The van der Waals surface area contributed by atoms with E-state index in [1.54, 1.807) is 0 Å². The molecular formula is C13H8BrFN2O4. The predicted octanol–water partition coefficient (Wildman–Crippen LogP) is 3.35. The zero-order chi connectivity index (χ0) is 15.6. The van der Waals surface area contributed by atoms with E-state index in [0.717, 1.165) is 13.2 Å². The van der Waals surface area contributed by atoms with Crippen LogP contribution in [0.4, 0.5) is 10.1 Å². The van der Waals surface area contributed by atoms with Crippen molar-refractivity contribution in [3.63, 3.8) is 0 Å². The van der Waals surface area contributed by atoms with Gasteiger partial charge < -0.3 is 4.74 Å². The number of hydrogen-bond donors (Lipinski definition) is 0. The number of halogens is 2. The van der Waals surface area contributed by atoms with Gasteiger partial charge in [-0.25, -0.2) is 14.2 Å². The topological polar surface area (TPSA) is 82.3 Å². The van der Waals surface area contributed by atoms with Gasteiger partial charge in [-0.1, -0.05) is 6.07 Å². The minimum absolute atomic E-state index is 0.0125. The minimum Gasteiger partial charge on any atom is -0.465 e. The number of rotatable bonds is 3. The molecule has 0 aliphatic carbocycles. The van der Waals surface area contributed by atoms with Crippen molar-refractivity contribution in [1.29, 1.82) is 0 Å². The van der Waals surface area contributed by atoms with E-state index >= 15 is 0 Å². The van der Waals surface area contributed by atoms with Crippen LogP contribution in [-0.2, 0) is 4.74 Å². The number of benzene rings is 1. The zero-order valence-electron chi connectivity index (χ0n) is 10.7. The van der Waals surface area contributed by atoms with E-state index in [1.807, 2.05) is 0 Å². The smallest absolute Gasteiger partial charge is 0.340 e. The molecule has 0 saturated carbocycles. The van der Waals surface area contributed by atoms with E-state index in [0.29, 0.717) is 4.47 Å². The molecular weight excluding hydrogens is 347 g/mol. The first-order valence-electron chi connectivity index (χ1n) is 5.62. The SMILES string of the molecule is COC(=O)c1ccc(-c2ncc(Br)cc2[N+](=O)[O-])cc1F. The normalized spacial score (nSPS) is 10.2. The first-order valence-corrected chi connectivity index (χ1v) is 6.41. The van der Waals surface area contributed by atoms with Crippen LogP contribution < -0.4 is 0 Å². The van der Waals surface area contributed by atoms with Crippen LogP contribution in [0, 0.1) is 15.9 Å². The molecule has 8 heteroatoms. The van der Waals surface area contributed by atoms with E-state index in [1.165, 1.54) is 24.4 Å². The summed E-state index contributed by atoms with van der Waals surface area (Å²) in [5.41, 5.74) is -0.312. The molecule has 0 aliphatic rings. The van der Waals surface area contributed by atoms with Gasteiger partial charge in [-0.15, -0.1) is 0 Å². The summed E-state index contributed by atoms with van der Waals surface area (Å²) in [7, 11) is 1.14. The number of nitrogens with zero attached hydrogens (tertiary/aromatic N) is 2. The van der Waals surface area contributed by atoms with Crippen molar-refractivity contribution < 1.29 is 18.8 Å². The Morgan fingerprint density at radius 1 is 1.43 bits per heavy atom. The Morgan fingerprint density at radius 3 is 2.71 bits per heavy atom. The average Bonchev–Trinajstić information content (AvgIpc) is 2.46. The summed E-state index contributed by atoms with van der Waals surface area (Å²) in [5.74, 6) is -1.66. The molecule has 1 aromatic carbocycles. The number of ether oxygens (including phenoxy) is 1. The Morgan fingerprint density at radius 2 is 2.14 bits per heavy atom. The molecule has 0 unspecified atom stereocenters. The Labute approximate surface area is 126 Å². The van der Waals surface area contributed by atoms with Crippen molar-refractivity contribution in [2.75, 3.05) is 7.11 Å². The maximum Gasteiger partial charge on any atom is 0.340 e. The van der Waals surface area contributed by atoms with E-state index < -0.39 is 16.7 Å². The lowest BCUT2D eigenvalue weighted by molar-refractivity contribution is -0.384. The van der Waals surface area contributed by atoms with Gasteiger partial charge in [0.15, 0.2) is 0 Å². The van der Waals surface area contributed by atoms with E-state index in [4.69, 9.17) is 0 Å². The fourth-order valence-electron chi connectivity index (χ4n) is 1.73. The maximum absolute atomic E-state index is 13.9. The first-order chi connectivity index (χ1) is 9.93. The first kappa shape index (κ1) is 15.0. The summed E-state index contributed by atoms with van der Waals surface area (Å²) in [4.78, 5) is 25.7. The summed E-state index contributed by atoms with van der Waals surface area (Å²) in [6, 6.07) is 4.85. The largest absolute Gasteiger partial charge is 0.465 e. The van der Waals surface area contributed by atoms with Gasteiger partial charge in [0.1, 0.15) is 11.5 Å². The van der Waals surface area contributed by atoms with Crippen molar-refractivity contribution in [1.82, 2.24) is 4.98 Å². The van der Waals surface area contributed by atoms with Crippen LogP contribution in [0.2, 0.25) is 0 Å². The van der Waals surface area contributed by atoms with Gasteiger partial charge in [-0.2, -0.15) is 0 Å². The fraction of sp³-hybridized carbons (Fsp3) is 0.0769. The molecule has 0 spiro atoms. The predicted molar refractivity (Wildman–Crippen MR) is 75.3 cm³/mol. The van der Waals surface area contributed by atoms with Gasteiger partial charge in [0.05, 0.1) is 17.6 Å². The van der Waals surface area contributed by atoms with Gasteiger partial charge in [-0.05, 0) is 28.1 Å². The average molecular weight is 355 g/mol. The quantitative estimate of drug-likeness (QED) is 0.479. The van der Waals surface area contributed by atoms with Gasteiger partial charge >= 0.3 is 5.97 Å². The van der Waals surface area contributed by atoms with Crippen LogP contribution in [0.3, 0.4) is 0 Å². The number of methoxy groups -OCH3 is 1. The number of carbonyl (C=O) groups excluding carboxylic acids is 1. The second kappa shape index (κ2) is 5.96. The van der Waals surface area contributed by atoms with Crippen molar-refractivity contribution in [3.8, 4) is 11.3 Å². The van der Waals surface area contributed by atoms with Crippen molar-refractivity contribution in [3.05, 3.63) is 56.4 Å². The molecule has 108 valence electrons. The number of pyridine rings is 1. The van der Waals surface area contributed by atoms with Crippen LogP contribution in [0.5, 0.6) is 0 Å². The third-order valence-electron chi connectivity index (χ3n) is 2.68. The Bertz CT molecular complexity index is 736. The number of esters is 1. The molecule has 0 aliphatic heterocycles. The molecule has 1 aromatic heterocycles. The number of nitro groups is 1. The number of aromatic nitrogens is 1. The van der Waals surface area contributed by atoms with Crippen LogP contribution in [0.1, 0.15) is 10.4 Å². The van der Waals surface area contributed by atoms with E-state index in [2.05, 4.69) is 25.7 Å². The second-order valence-electron chi connectivity index (χ2n) is 3.96. The Balaban J connectivity index is 2.56. The standard InChI is InChI=1S/C13H8BrFN2O4/c1-21-13(18)9-3-2-7(4-10(9)15)12-11(17(19)20)5-8(14)6-16-12/h2-6H,1H3. The lowest BCUT2D eigenvalue weighted by atomic mass is 10.1. The second-order valence-corrected chi connectivity index (χ2v) is 4.88. The van der Waals surface area contributed by atoms with Crippen molar-refractivity contribution >= 4 is 27.6 Å². The van der Waals surface area contributed by atoms with Crippen molar-refractivity contribution in [2.24, 2.45) is 0 Å². The third kappa shape index (κ3) is 3.05. The maximum atomic E-state index is 13.9. The highest BCUT2D eigenvalue weighted by Gasteiger charge is 2.20. The molecule has 21 heavy (non-hydrogen) atoms. The molecule has 2 aromatic rings. The Kier molecular flexibility index (Phi) is 4.27.